The number of halogens is 1. The van der Waals surface area contributed by atoms with Gasteiger partial charge in [-0.1, -0.05) is 21.1 Å². The van der Waals surface area contributed by atoms with Gasteiger partial charge in [0, 0.05) is 17.6 Å². The van der Waals surface area contributed by atoms with Crippen LogP contribution in [0.3, 0.4) is 0 Å². The smallest absolute Gasteiger partial charge is 0.243 e. The van der Waals surface area contributed by atoms with Crippen molar-refractivity contribution in [2.75, 3.05) is 13.1 Å². The van der Waals surface area contributed by atoms with Crippen LogP contribution in [0.4, 0.5) is 0 Å². The summed E-state index contributed by atoms with van der Waals surface area (Å²) in [7, 11) is -3.53. The number of nitrogens with zero attached hydrogens (tertiary/aromatic N) is 4. The Morgan fingerprint density at radius 2 is 2.00 bits per heavy atom. The highest BCUT2D eigenvalue weighted by Crippen LogP contribution is 2.33. The van der Waals surface area contributed by atoms with E-state index in [-0.39, 0.29) is 17.0 Å². The first kappa shape index (κ1) is 14.3. The van der Waals surface area contributed by atoms with Crippen molar-refractivity contribution in [1.29, 1.82) is 0 Å². The van der Waals surface area contributed by atoms with Crippen LogP contribution >= 0.6 is 15.9 Å². The Morgan fingerprint density at radius 3 is 2.77 bits per heavy atom. The largest absolute Gasteiger partial charge is 0.368 e. The van der Waals surface area contributed by atoms with E-state index in [1.807, 2.05) is 0 Å². The van der Waals surface area contributed by atoms with Gasteiger partial charge in [0.1, 0.15) is 0 Å². The Kier molecular flexibility index (Phi) is 3.33. The molecule has 0 bridgehead atoms. The summed E-state index contributed by atoms with van der Waals surface area (Å²) in [5.74, 6) is 0. The molecule has 1 aromatic carbocycles. The predicted molar refractivity (Wildman–Crippen MR) is 80.5 cm³/mol. The summed E-state index contributed by atoms with van der Waals surface area (Å²) in [5.41, 5.74) is 0.879. The number of benzene rings is 1. The van der Waals surface area contributed by atoms with Crippen molar-refractivity contribution in [2.24, 2.45) is 0 Å². The monoisotopic (exact) mass is 384 g/mol. The SMILES string of the molecule is O=S(=O)(c1ccc(Br)cc1)N1CC2OCc3cnnn3C2C1. The molecule has 22 heavy (non-hydrogen) atoms. The summed E-state index contributed by atoms with van der Waals surface area (Å²) >= 11 is 3.31. The third-order valence-corrected chi connectivity index (χ3v) is 6.44. The number of ether oxygens (including phenoxy) is 1. The van der Waals surface area contributed by atoms with Gasteiger partial charge in [0.15, 0.2) is 0 Å². The Hall–Kier alpha value is -1.29. The zero-order valence-electron chi connectivity index (χ0n) is 11.5. The van der Waals surface area contributed by atoms with Crippen LogP contribution in [-0.4, -0.2) is 46.9 Å². The molecule has 9 heteroatoms. The highest BCUT2D eigenvalue weighted by atomic mass is 79.9. The van der Waals surface area contributed by atoms with Crippen molar-refractivity contribution in [3.05, 3.63) is 40.6 Å². The maximum absolute atomic E-state index is 12.7. The molecular weight excluding hydrogens is 372 g/mol. The first-order chi connectivity index (χ1) is 10.6. The van der Waals surface area contributed by atoms with E-state index in [1.54, 1.807) is 35.1 Å². The van der Waals surface area contributed by atoms with E-state index < -0.39 is 10.0 Å². The van der Waals surface area contributed by atoms with Crippen LogP contribution < -0.4 is 0 Å². The summed E-state index contributed by atoms with van der Waals surface area (Å²) in [6.07, 6.45) is 1.47. The molecule has 2 aliphatic heterocycles. The second-order valence-corrected chi connectivity index (χ2v) is 8.22. The number of rotatable bonds is 2. The third kappa shape index (κ3) is 2.19. The first-order valence-electron chi connectivity index (χ1n) is 6.82. The molecule has 1 saturated heterocycles. The fourth-order valence-electron chi connectivity index (χ4n) is 2.91. The quantitative estimate of drug-likeness (QED) is 0.776. The Labute approximate surface area is 136 Å². The van der Waals surface area contributed by atoms with Gasteiger partial charge in [-0.15, -0.1) is 5.10 Å². The summed E-state index contributed by atoms with van der Waals surface area (Å²) < 4.78 is 35.3. The molecule has 116 valence electrons. The molecule has 1 fully saturated rings. The first-order valence-corrected chi connectivity index (χ1v) is 9.05. The van der Waals surface area contributed by atoms with Crippen molar-refractivity contribution in [3.8, 4) is 0 Å². The van der Waals surface area contributed by atoms with E-state index >= 15 is 0 Å². The average molecular weight is 385 g/mol. The number of fused-ring (bicyclic) bond motifs is 3. The summed E-state index contributed by atoms with van der Waals surface area (Å²) in [6.45, 7) is 1.10. The Bertz CT molecular complexity index is 805. The molecule has 2 unspecified atom stereocenters. The molecule has 0 radical (unpaired) electrons. The molecule has 0 spiro atoms. The molecule has 0 amide bonds. The standard InChI is InChI=1S/C13H13BrN4O3S/c14-9-1-3-11(4-2-9)22(19,20)17-6-12-13(7-17)21-8-10-5-15-16-18(10)12/h1-5,12-13H,6-8H2. The normalized spacial score (nSPS) is 25.0. The Morgan fingerprint density at radius 1 is 1.23 bits per heavy atom. The summed E-state index contributed by atoms with van der Waals surface area (Å²) in [5, 5.41) is 7.94. The number of hydrogen-bond acceptors (Lipinski definition) is 5. The van der Waals surface area contributed by atoms with Crippen LogP contribution in [-0.2, 0) is 21.4 Å². The second-order valence-electron chi connectivity index (χ2n) is 5.36. The summed E-state index contributed by atoms with van der Waals surface area (Å²) in [4.78, 5) is 0.285. The van der Waals surface area contributed by atoms with Crippen molar-refractivity contribution < 1.29 is 13.2 Å². The Balaban J connectivity index is 1.64. The fourth-order valence-corrected chi connectivity index (χ4v) is 4.65. The molecule has 0 N–H and O–H groups in total. The number of aromatic nitrogens is 3. The van der Waals surface area contributed by atoms with Gasteiger partial charge in [-0.25, -0.2) is 13.1 Å². The molecule has 2 aromatic rings. The highest BCUT2D eigenvalue weighted by Gasteiger charge is 2.44. The van der Waals surface area contributed by atoms with Crippen LogP contribution in [0.1, 0.15) is 11.7 Å². The second kappa shape index (κ2) is 5.12. The molecular formula is C13H13BrN4O3S. The van der Waals surface area contributed by atoms with Gasteiger partial charge in [0.05, 0.1) is 35.5 Å². The van der Waals surface area contributed by atoms with E-state index in [9.17, 15) is 8.42 Å². The van der Waals surface area contributed by atoms with Crippen LogP contribution in [0.5, 0.6) is 0 Å². The van der Waals surface area contributed by atoms with E-state index in [1.165, 1.54) is 4.31 Å². The highest BCUT2D eigenvalue weighted by molar-refractivity contribution is 9.10. The van der Waals surface area contributed by atoms with Crippen LogP contribution in [0.15, 0.2) is 39.8 Å². The molecule has 4 rings (SSSR count). The minimum atomic E-state index is -3.53. The van der Waals surface area contributed by atoms with Crippen LogP contribution in [0.2, 0.25) is 0 Å². The molecule has 1 aromatic heterocycles. The van der Waals surface area contributed by atoms with Gasteiger partial charge >= 0.3 is 0 Å². The topological polar surface area (TPSA) is 77.3 Å². The lowest BCUT2D eigenvalue weighted by Gasteiger charge is -2.25. The van der Waals surface area contributed by atoms with Gasteiger partial charge in [-0.05, 0) is 24.3 Å². The van der Waals surface area contributed by atoms with Gasteiger partial charge in [-0.2, -0.15) is 4.31 Å². The van der Waals surface area contributed by atoms with E-state index in [2.05, 4.69) is 26.2 Å². The molecule has 3 heterocycles. The van der Waals surface area contributed by atoms with E-state index in [4.69, 9.17) is 4.74 Å². The third-order valence-electron chi connectivity index (χ3n) is 4.06. The lowest BCUT2D eigenvalue weighted by molar-refractivity contribution is -0.00389. The number of sulfonamides is 1. The van der Waals surface area contributed by atoms with Crippen molar-refractivity contribution >= 4 is 26.0 Å². The average Bonchev–Trinajstić information content (AvgIpc) is 3.13. The fraction of sp³-hybridized carbons (Fsp3) is 0.385. The molecule has 0 saturated carbocycles. The lowest BCUT2D eigenvalue weighted by Crippen LogP contribution is -2.32. The van der Waals surface area contributed by atoms with Gasteiger partial charge in [-0.3, -0.25) is 0 Å². The zero-order chi connectivity index (χ0) is 15.3. The van der Waals surface area contributed by atoms with Gasteiger partial charge in [0.2, 0.25) is 10.0 Å². The van der Waals surface area contributed by atoms with Crippen LogP contribution in [0.25, 0.3) is 0 Å². The van der Waals surface area contributed by atoms with E-state index in [0.29, 0.717) is 19.7 Å². The van der Waals surface area contributed by atoms with Gasteiger partial charge in [0.25, 0.3) is 0 Å². The summed E-state index contributed by atoms with van der Waals surface area (Å²) in [6, 6.07) is 6.53. The molecule has 2 atom stereocenters. The minimum absolute atomic E-state index is 0.114. The van der Waals surface area contributed by atoms with E-state index in [0.717, 1.165) is 10.2 Å². The lowest BCUT2D eigenvalue weighted by atomic mass is 10.2. The maximum Gasteiger partial charge on any atom is 0.243 e. The molecule has 2 aliphatic rings. The van der Waals surface area contributed by atoms with Crippen molar-refractivity contribution in [3.63, 3.8) is 0 Å². The predicted octanol–water partition coefficient (Wildman–Crippen LogP) is 1.18. The number of hydrogen-bond donors (Lipinski definition) is 0. The van der Waals surface area contributed by atoms with Crippen molar-refractivity contribution in [2.45, 2.75) is 23.6 Å². The molecule has 7 nitrogen and oxygen atoms in total. The molecule has 0 aliphatic carbocycles. The minimum Gasteiger partial charge on any atom is -0.368 e. The van der Waals surface area contributed by atoms with Gasteiger partial charge < -0.3 is 4.74 Å². The zero-order valence-corrected chi connectivity index (χ0v) is 13.9. The van der Waals surface area contributed by atoms with Crippen LogP contribution in [0, 0.1) is 0 Å². The van der Waals surface area contributed by atoms with Crippen molar-refractivity contribution in [1.82, 2.24) is 19.3 Å². The maximum atomic E-state index is 12.7.